The number of carboxylic acid groups (broad SMARTS) is 1. The minimum absolute atomic E-state index is 0.0162. The molecule has 0 spiro atoms. The normalized spacial score (nSPS) is 17.3. The lowest BCUT2D eigenvalue weighted by Crippen LogP contribution is -2.52. The van der Waals surface area contributed by atoms with Crippen LogP contribution in [0.1, 0.15) is 29.8 Å². The van der Waals surface area contributed by atoms with Crippen molar-refractivity contribution in [1.82, 2.24) is 4.98 Å². The van der Waals surface area contributed by atoms with Crippen LogP contribution in [0.15, 0.2) is 36.5 Å². The largest absolute Gasteiger partial charge is 0.478 e. The van der Waals surface area contributed by atoms with Crippen LogP contribution in [-0.2, 0) is 10.0 Å². The second kappa shape index (κ2) is 8.28. The maximum atomic E-state index is 11.8. The monoisotopic (exact) mass is 418 g/mol. The number of hydrogen-bond donors (Lipinski definition) is 2. The van der Waals surface area contributed by atoms with Gasteiger partial charge in [-0.2, -0.15) is 0 Å². The summed E-state index contributed by atoms with van der Waals surface area (Å²) in [5, 5.41) is 9.65. The number of benzene rings is 1. The molecule has 0 amide bonds. The Morgan fingerprint density at radius 1 is 1.31 bits per heavy atom. The summed E-state index contributed by atoms with van der Waals surface area (Å²) >= 11 is 0. The SMILES string of the molecule is CCS(=O)(=O)Nc1cnc(N2CCN(c3cccc(C)c3)[C@H](C)C2)c(C(=O)O)c1. The zero-order valence-corrected chi connectivity index (χ0v) is 17.6. The first-order valence-corrected chi connectivity index (χ1v) is 11.2. The molecule has 0 aliphatic carbocycles. The number of carbonyl (C=O) groups is 1. The highest BCUT2D eigenvalue weighted by molar-refractivity contribution is 7.92. The molecule has 0 unspecified atom stereocenters. The molecule has 0 saturated carbocycles. The number of nitrogens with one attached hydrogen (secondary N) is 1. The molecule has 1 atom stereocenters. The van der Waals surface area contributed by atoms with Crippen molar-refractivity contribution in [2.45, 2.75) is 26.8 Å². The van der Waals surface area contributed by atoms with Crippen molar-refractivity contribution in [2.24, 2.45) is 0 Å². The summed E-state index contributed by atoms with van der Waals surface area (Å²) < 4.78 is 25.9. The summed E-state index contributed by atoms with van der Waals surface area (Å²) in [7, 11) is -3.51. The molecule has 8 nitrogen and oxygen atoms in total. The van der Waals surface area contributed by atoms with E-state index >= 15 is 0 Å². The number of aromatic nitrogens is 1. The minimum Gasteiger partial charge on any atom is -0.478 e. The van der Waals surface area contributed by atoms with E-state index in [0.717, 1.165) is 12.2 Å². The summed E-state index contributed by atoms with van der Waals surface area (Å²) in [5.74, 6) is -0.887. The van der Waals surface area contributed by atoms with Crippen LogP contribution in [0, 0.1) is 6.92 Å². The fourth-order valence-corrected chi connectivity index (χ4v) is 4.13. The third-order valence-electron chi connectivity index (χ3n) is 5.01. The summed E-state index contributed by atoms with van der Waals surface area (Å²) in [5.41, 5.74) is 2.47. The van der Waals surface area contributed by atoms with E-state index in [-0.39, 0.29) is 23.0 Å². The molecule has 1 fully saturated rings. The van der Waals surface area contributed by atoms with Crippen LogP contribution in [0.2, 0.25) is 0 Å². The number of pyridine rings is 1. The predicted molar refractivity (Wildman–Crippen MR) is 114 cm³/mol. The van der Waals surface area contributed by atoms with Gasteiger partial charge < -0.3 is 14.9 Å². The highest BCUT2D eigenvalue weighted by Crippen LogP contribution is 2.27. The van der Waals surface area contributed by atoms with Gasteiger partial charge in [0.2, 0.25) is 10.0 Å². The van der Waals surface area contributed by atoms with Crippen LogP contribution in [0.5, 0.6) is 0 Å². The zero-order chi connectivity index (χ0) is 21.2. The van der Waals surface area contributed by atoms with Crippen molar-refractivity contribution in [2.75, 3.05) is 39.9 Å². The fraction of sp³-hybridized carbons (Fsp3) is 0.400. The number of piperazine rings is 1. The maximum Gasteiger partial charge on any atom is 0.339 e. The molecule has 2 heterocycles. The van der Waals surface area contributed by atoms with Gasteiger partial charge >= 0.3 is 5.97 Å². The lowest BCUT2D eigenvalue weighted by molar-refractivity contribution is 0.0697. The topological polar surface area (TPSA) is 103 Å². The molecular formula is C20H26N4O4S. The summed E-state index contributed by atoms with van der Waals surface area (Å²) in [6, 6.07) is 9.80. The number of sulfonamides is 1. The highest BCUT2D eigenvalue weighted by Gasteiger charge is 2.28. The average Bonchev–Trinajstić information content (AvgIpc) is 2.67. The van der Waals surface area contributed by atoms with E-state index in [4.69, 9.17) is 0 Å². The van der Waals surface area contributed by atoms with Gasteiger partial charge in [-0.1, -0.05) is 12.1 Å². The van der Waals surface area contributed by atoms with E-state index in [0.29, 0.717) is 18.9 Å². The number of aromatic carboxylic acids is 1. The molecule has 1 aliphatic heterocycles. The maximum absolute atomic E-state index is 11.8. The number of carboxylic acids is 1. The molecule has 29 heavy (non-hydrogen) atoms. The molecule has 0 bridgehead atoms. The molecule has 1 saturated heterocycles. The Morgan fingerprint density at radius 2 is 2.07 bits per heavy atom. The Morgan fingerprint density at radius 3 is 2.69 bits per heavy atom. The minimum atomic E-state index is -3.51. The van der Waals surface area contributed by atoms with Gasteiger partial charge in [-0.25, -0.2) is 18.2 Å². The number of nitrogens with zero attached hydrogens (tertiary/aromatic N) is 3. The van der Waals surface area contributed by atoms with Crippen molar-refractivity contribution in [3.05, 3.63) is 47.7 Å². The van der Waals surface area contributed by atoms with Crippen LogP contribution >= 0.6 is 0 Å². The Balaban J connectivity index is 1.83. The molecule has 0 radical (unpaired) electrons. The van der Waals surface area contributed by atoms with Crippen LogP contribution in [0.3, 0.4) is 0 Å². The van der Waals surface area contributed by atoms with Crippen molar-refractivity contribution >= 4 is 33.2 Å². The lowest BCUT2D eigenvalue weighted by Gasteiger charge is -2.42. The molecular weight excluding hydrogens is 392 g/mol. The first-order chi connectivity index (χ1) is 13.7. The molecule has 1 aliphatic rings. The van der Waals surface area contributed by atoms with Gasteiger partial charge in [0.15, 0.2) is 0 Å². The molecule has 2 N–H and O–H groups in total. The summed E-state index contributed by atoms with van der Waals surface area (Å²) in [4.78, 5) is 20.3. The molecule has 1 aromatic heterocycles. The van der Waals surface area contributed by atoms with E-state index in [9.17, 15) is 18.3 Å². The third-order valence-corrected chi connectivity index (χ3v) is 6.32. The fourth-order valence-electron chi connectivity index (χ4n) is 3.51. The van der Waals surface area contributed by atoms with Crippen LogP contribution in [0.25, 0.3) is 0 Å². The van der Waals surface area contributed by atoms with E-state index in [1.54, 1.807) is 0 Å². The number of rotatable bonds is 6. The second-order valence-electron chi connectivity index (χ2n) is 7.23. The second-order valence-corrected chi connectivity index (χ2v) is 9.24. The van der Waals surface area contributed by atoms with E-state index in [1.807, 2.05) is 11.0 Å². The standard InChI is InChI=1S/C20H26N4O4S/c1-4-29(27,28)22-16-11-18(20(25)26)19(21-12-16)23-8-9-24(15(3)13-23)17-7-5-6-14(2)10-17/h5-7,10-12,15,22H,4,8-9,13H2,1-3H3,(H,25,26)/t15-/m1/s1. The first kappa shape index (κ1) is 20.9. The zero-order valence-electron chi connectivity index (χ0n) is 16.8. The average molecular weight is 419 g/mol. The summed E-state index contributed by atoms with van der Waals surface area (Å²) in [6.45, 7) is 7.63. The summed E-state index contributed by atoms with van der Waals surface area (Å²) in [6.07, 6.45) is 1.37. The van der Waals surface area contributed by atoms with Gasteiger partial charge in [0, 0.05) is 31.4 Å². The van der Waals surface area contributed by atoms with Crippen LogP contribution in [0.4, 0.5) is 17.2 Å². The van der Waals surface area contributed by atoms with Gasteiger partial charge in [0.25, 0.3) is 0 Å². The van der Waals surface area contributed by atoms with E-state index < -0.39 is 16.0 Å². The van der Waals surface area contributed by atoms with Gasteiger partial charge in [-0.05, 0) is 44.5 Å². The molecule has 2 aromatic rings. The van der Waals surface area contributed by atoms with Crippen LogP contribution in [-0.4, -0.2) is 55.9 Å². The number of aryl methyl sites for hydroxylation is 1. The Labute approximate surface area is 171 Å². The van der Waals surface area contributed by atoms with Crippen molar-refractivity contribution in [3.63, 3.8) is 0 Å². The quantitative estimate of drug-likeness (QED) is 0.743. The van der Waals surface area contributed by atoms with E-state index in [2.05, 4.69) is 46.7 Å². The molecule has 3 rings (SSSR count). The first-order valence-electron chi connectivity index (χ1n) is 9.52. The smallest absolute Gasteiger partial charge is 0.339 e. The van der Waals surface area contributed by atoms with Crippen molar-refractivity contribution < 1.29 is 18.3 Å². The van der Waals surface area contributed by atoms with E-state index in [1.165, 1.54) is 24.8 Å². The molecule has 9 heteroatoms. The van der Waals surface area contributed by atoms with Gasteiger partial charge in [-0.15, -0.1) is 0 Å². The van der Waals surface area contributed by atoms with Gasteiger partial charge in [0.1, 0.15) is 11.4 Å². The van der Waals surface area contributed by atoms with Crippen molar-refractivity contribution in [1.29, 1.82) is 0 Å². The number of anilines is 3. The predicted octanol–water partition coefficient (Wildman–Crippen LogP) is 2.56. The Hall–Kier alpha value is -2.81. The number of hydrogen-bond acceptors (Lipinski definition) is 6. The van der Waals surface area contributed by atoms with Gasteiger partial charge in [0.05, 0.1) is 17.6 Å². The van der Waals surface area contributed by atoms with Crippen LogP contribution < -0.4 is 14.5 Å². The Kier molecular flexibility index (Phi) is 5.97. The highest BCUT2D eigenvalue weighted by atomic mass is 32.2. The molecule has 156 valence electrons. The van der Waals surface area contributed by atoms with Crippen molar-refractivity contribution in [3.8, 4) is 0 Å². The Bertz CT molecular complexity index is 1010. The lowest BCUT2D eigenvalue weighted by atomic mass is 10.1. The third kappa shape index (κ3) is 4.79. The van der Waals surface area contributed by atoms with Gasteiger partial charge in [-0.3, -0.25) is 4.72 Å². The molecule has 1 aromatic carbocycles.